The number of fused-ring (bicyclic) bond motifs is 1. The number of aromatic amines is 1. The average molecular weight is 265 g/mol. The largest absolute Gasteiger partial charge is 0.492 e. The Balaban J connectivity index is 2.13. The molecule has 2 aromatic rings. The topological polar surface area (TPSA) is 75.2 Å². The van der Waals surface area contributed by atoms with Crippen LogP contribution in [0.2, 0.25) is 5.02 Å². The molecule has 3 rings (SSSR count). The van der Waals surface area contributed by atoms with Gasteiger partial charge in [0, 0.05) is 17.0 Å². The normalized spacial score (nSPS) is 13.2. The van der Waals surface area contributed by atoms with Crippen LogP contribution in [0, 0.1) is 0 Å². The number of ether oxygens (including phenoxy) is 1. The maximum Gasteiger partial charge on any atom is 0.353 e. The summed E-state index contributed by atoms with van der Waals surface area (Å²) in [5.74, 6) is -0.309. The predicted molar refractivity (Wildman–Crippen MR) is 65.2 cm³/mol. The molecule has 2 N–H and O–H groups in total. The van der Waals surface area contributed by atoms with E-state index in [1.54, 1.807) is 6.07 Å². The summed E-state index contributed by atoms with van der Waals surface area (Å²) in [6, 6.07) is 5.06. The molecule has 1 aromatic carbocycles. The Morgan fingerprint density at radius 1 is 1.44 bits per heavy atom. The van der Waals surface area contributed by atoms with Gasteiger partial charge < -0.3 is 9.84 Å². The molecule has 1 aliphatic rings. The SMILES string of the molecule is O=C(O)c1cc(-c2cc(Cl)cc3c2OCC3)n[nH]1. The molecule has 92 valence electrons. The number of aromatic carboxylic acids is 1. The number of hydrogen-bond donors (Lipinski definition) is 2. The standard InChI is InChI=1S/C12H9ClN2O3/c13-7-3-6-1-2-18-11(6)8(4-7)9-5-10(12(16)17)15-14-9/h3-5H,1-2H2,(H,14,15)(H,16,17). The maximum atomic E-state index is 10.8. The van der Waals surface area contributed by atoms with Crippen molar-refractivity contribution in [3.63, 3.8) is 0 Å². The van der Waals surface area contributed by atoms with Gasteiger partial charge in [-0.3, -0.25) is 5.10 Å². The first-order chi connectivity index (χ1) is 8.65. The molecular formula is C12H9ClN2O3. The molecule has 0 spiro atoms. The van der Waals surface area contributed by atoms with Crippen LogP contribution in [0.1, 0.15) is 16.1 Å². The zero-order valence-corrected chi connectivity index (χ0v) is 9.99. The lowest BCUT2D eigenvalue weighted by molar-refractivity contribution is 0.0690. The zero-order chi connectivity index (χ0) is 12.7. The summed E-state index contributed by atoms with van der Waals surface area (Å²) in [5.41, 5.74) is 2.31. The van der Waals surface area contributed by atoms with Gasteiger partial charge in [-0.1, -0.05) is 11.6 Å². The molecule has 1 aromatic heterocycles. The van der Waals surface area contributed by atoms with Crippen molar-refractivity contribution in [1.82, 2.24) is 10.2 Å². The van der Waals surface area contributed by atoms with Crippen molar-refractivity contribution in [2.75, 3.05) is 6.61 Å². The molecule has 0 saturated heterocycles. The van der Waals surface area contributed by atoms with E-state index in [0.29, 0.717) is 17.3 Å². The van der Waals surface area contributed by atoms with Gasteiger partial charge in [-0.15, -0.1) is 0 Å². The Hall–Kier alpha value is -2.01. The molecule has 0 aliphatic carbocycles. The van der Waals surface area contributed by atoms with Crippen molar-refractivity contribution in [1.29, 1.82) is 0 Å². The van der Waals surface area contributed by atoms with Gasteiger partial charge in [0.15, 0.2) is 0 Å². The van der Waals surface area contributed by atoms with Crippen LogP contribution in [0.3, 0.4) is 0 Å². The van der Waals surface area contributed by atoms with E-state index in [0.717, 1.165) is 23.3 Å². The second kappa shape index (κ2) is 4.03. The molecule has 0 saturated carbocycles. The highest BCUT2D eigenvalue weighted by Gasteiger charge is 2.21. The summed E-state index contributed by atoms with van der Waals surface area (Å²) in [6.45, 7) is 0.610. The highest BCUT2D eigenvalue weighted by Crippen LogP contribution is 2.38. The zero-order valence-electron chi connectivity index (χ0n) is 9.24. The molecule has 5 nitrogen and oxygen atoms in total. The molecule has 2 heterocycles. The Morgan fingerprint density at radius 2 is 2.28 bits per heavy atom. The quantitative estimate of drug-likeness (QED) is 0.873. The maximum absolute atomic E-state index is 10.8. The summed E-state index contributed by atoms with van der Waals surface area (Å²) in [7, 11) is 0. The molecule has 0 bridgehead atoms. The smallest absolute Gasteiger partial charge is 0.353 e. The first-order valence-electron chi connectivity index (χ1n) is 5.39. The van der Waals surface area contributed by atoms with Gasteiger partial charge >= 0.3 is 5.97 Å². The van der Waals surface area contributed by atoms with Crippen molar-refractivity contribution in [2.24, 2.45) is 0 Å². The Kier molecular flexibility index (Phi) is 2.48. The van der Waals surface area contributed by atoms with Crippen LogP contribution in [0.5, 0.6) is 5.75 Å². The number of rotatable bonds is 2. The van der Waals surface area contributed by atoms with Crippen molar-refractivity contribution in [2.45, 2.75) is 6.42 Å². The number of halogens is 1. The van der Waals surface area contributed by atoms with E-state index in [2.05, 4.69) is 10.2 Å². The van der Waals surface area contributed by atoms with E-state index in [4.69, 9.17) is 21.4 Å². The first kappa shape index (κ1) is 11.1. The number of carboxylic acid groups (broad SMARTS) is 1. The molecule has 0 fully saturated rings. The van der Waals surface area contributed by atoms with E-state index in [1.165, 1.54) is 6.07 Å². The monoisotopic (exact) mass is 264 g/mol. The fourth-order valence-electron chi connectivity index (χ4n) is 2.03. The molecule has 1 aliphatic heterocycles. The van der Waals surface area contributed by atoms with Crippen LogP contribution in [0.4, 0.5) is 0 Å². The van der Waals surface area contributed by atoms with Gasteiger partial charge in [-0.25, -0.2) is 4.79 Å². The lowest BCUT2D eigenvalue weighted by atomic mass is 10.1. The minimum Gasteiger partial charge on any atom is -0.492 e. The summed E-state index contributed by atoms with van der Waals surface area (Å²) in [6.07, 6.45) is 0.805. The fraction of sp³-hybridized carbons (Fsp3) is 0.167. The fourth-order valence-corrected chi connectivity index (χ4v) is 2.27. The van der Waals surface area contributed by atoms with E-state index in [1.807, 2.05) is 6.07 Å². The molecule has 0 radical (unpaired) electrons. The number of carbonyl (C=O) groups is 1. The number of aromatic nitrogens is 2. The third-order valence-electron chi connectivity index (χ3n) is 2.83. The second-order valence-electron chi connectivity index (χ2n) is 4.01. The van der Waals surface area contributed by atoms with Gasteiger partial charge in [0.25, 0.3) is 0 Å². The van der Waals surface area contributed by atoms with Crippen LogP contribution < -0.4 is 4.74 Å². The molecule has 0 amide bonds. The van der Waals surface area contributed by atoms with Crippen LogP contribution in [-0.4, -0.2) is 27.9 Å². The lowest BCUT2D eigenvalue weighted by Gasteiger charge is -2.06. The van der Waals surface area contributed by atoms with Crippen LogP contribution >= 0.6 is 11.6 Å². The van der Waals surface area contributed by atoms with Crippen LogP contribution in [-0.2, 0) is 6.42 Å². The third-order valence-corrected chi connectivity index (χ3v) is 3.05. The van der Waals surface area contributed by atoms with Crippen molar-refractivity contribution in [3.05, 3.63) is 34.5 Å². The highest BCUT2D eigenvalue weighted by molar-refractivity contribution is 6.31. The highest BCUT2D eigenvalue weighted by atomic mass is 35.5. The Morgan fingerprint density at radius 3 is 3.00 bits per heavy atom. The summed E-state index contributed by atoms with van der Waals surface area (Å²) >= 11 is 6.04. The van der Waals surface area contributed by atoms with Crippen molar-refractivity contribution >= 4 is 17.6 Å². The average Bonchev–Trinajstić information content (AvgIpc) is 2.95. The number of nitrogens with one attached hydrogen (secondary N) is 1. The number of H-pyrrole nitrogens is 1. The second-order valence-corrected chi connectivity index (χ2v) is 4.45. The summed E-state index contributed by atoms with van der Waals surface area (Å²) < 4.78 is 5.55. The molecule has 0 atom stereocenters. The summed E-state index contributed by atoms with van der Waals surface area (Å²) in [5, 5.41) is 15.9. The van der Waals surface area contributed by atoms with Crippen molar-refractivity contribution in [3.8, 4) is 17.0 Å². The van der Waals surface area contributed by atoms with Gasteiger partial charge in [-0.2, -0.15) is 5.10 Å². The summed E-state index contributed by atoms with van der Waals surface area (Å²) in [4.78, 5) is 10.8. The third kappa shape index (κ3) is 1.73. The minimum atomic E-state index is -1.05. The molecule has 6 heteroatoms. The molecular weight excluding hydrogens is 256 g/mol. The number of nitrogens with zero attached hydrogens (tertiary/aromatic N) is 1. The van der Waals surface area contributed by atoms with E-state index >= 15 is 0 Å². The van der Waals surface area contributed by atoms with Crippen LogP contribution in [0.15, 0.2) is 18.2 Å². The van der Waals surface area contributed by atoms with Crippen LogP contribution in [0.25, 0.3) is 11.3 Å². The Labute approximate surface area is 107 Å². The van der Waals surface area contributed by atoms with Gasteiger partial charge in [0.1, 0.15) is 11.4 Å². The first-order valence-corrected chi connectivity index (χ1v) is 5.77. The van der Waals surface area contributed by atoms with Gasteiger partial charge in [-0.05, 0) is 23.8 Å². The van der Waals surface area contributed by atoms with Crippen molar-refractivity contribution < 1.29 is 14.6 Å². The minimum absolute atomic E-state index is 0.0386. The Bertz CT molecular complexity index is 636. The van der Waals surface area contributed by atoms with E-state index < -0.39 is 5.97 Å². The number of carboxylic acids is 1. The van der Waals surface area contributed by atoms with E-state index in [-0.39, 0.29) is 5.69 Å². The van der Waals surface area contributed by atoms with Gasteiger partial charge in [0.2, 0.25) is 0 Å². The molecule has 18 heavy (non-hydrogen) atoms. The van der Waals surface area contributed by atoms with E-state index in [9.17, 15) is 4.79 Å². The molecule has 0 unspecified atom stereocenters. The number of benzene rings is 1. The predicted octanol–water partition coefficient (Wildman–Crippen LogP) is 2.36. The number of hydrogen-bond acceptors (Lipinski definition) is 3. The lowest BCUT2D eigenvalue weighted by Crippen LogP contribution is -1.95. The van der Waals surface area contributed by atoms with Gasteiger partial charge in [0.05, 0.1) is 12.3 Å².